The molecular weight excluding hydrogens is 272 g/mol. The fourth-order valence-corrected chi connectivity index (χ4v) is 2.41. The Morgan fingerprint density at radius 3 is 2.53 bits per heavy atom. The van der Waals surface area contributed by atoms with Gasteiger partial charge in [-0.25, -0.2) is 33.9 Å². The van der Waals surface area contributed by atoms with Crippen molar-refractivity contribution >= 4 is 16.0 Å². The number of hydrogen-bond acceptors (Lipinski definition) is 8. The summed E-state index contributed by atoms with van der Waals surface area (Å²) in [5.41, 5.74) is 2.21. The number of nitrogens with two attached hydrogens (primary N) is 1. The van der Waals surface area contributed by atoms with E-state index in [2.05, 4.69) is 35.3 Å². The summed E-state index contributed by atoms with van der Waals surface area (Å²) in [5, 5.41) is 6.23. The zero-order valence-electron chi connectivity index (χ0n) is 9.90. The molecule has 0 bridgehead atoms. The first-order chi connectivity index (χ1) is 9.03. The van der Waals surface area contributed by atoms with Crippen molar-refractivity contribution < 1.29 is 8.42 Å². The van der Waals surface area contributed by atoms with Crippen LogP contribution >= 0.6 is 0 Å². The fourth-order valence-electron chi connectivity index (χ4n) is 1.31. The van der Waals surface area contributed by atoms with Gasteiger partial charge in [-0.3, -0.25) is 10.5 Å². The van der Waals surface area contributed by atoms with Gasteiger partial charge in [-0.15, -0.1) is 0 Å². The largest absolute Gasteiger partial charge is 0.292 e. The van der Waals surface area contributed by atoms with Crippen molar-refractivity contribution in [1.82, 2.24) is 29.9 Å². The van der Waals surface area contributed by atoms with E-state index >= 15 is 0 Å². The molecule has 0 aliphatic rings. The van der Waals surface area contributed by atoms with Gasteiger partial charge in [0.05, 0.1) is 18.4 Å². The fraction of sp³-hybridized carbons (Fsp3) is 0.250. The van der Waals surface area contributed by atoms with E-state index in [1.165, 1.54) is 6.33 Å². The molecule has 0 saturated carbocycles. The molecule has 0 aromatic carbocycles. The van der Waals surface area contributed by atoms with Crippen LogP contribution < -0.4 is 16.0 Å². The van der Waals surface area contributed by atoms with Crippen molar-refractivity contribution in [3.8, 4) is 0 Å². The number of hydrazine groups is 1. The maximum absolute atomic E-state index is 12.0. The number of H-pyrrole nitrogens is 1. The van der Waals surface area contributed by atoms with Gasteiger partial charge in [0.2, 0.25) is 16.0 Å². The molecule has 2 aromatic rings. The second-order valence-corrected chi connectivity index (χ2v) is 5.31. The Balaban J connectivity index is 2.17. The number of nitrogen functional groups attached to an aromatic ring is 1. The molecule has 0 amide bonds. The molecule has 102 valence electrons. The summed E-state index contributed by atoms with van der Waals surface area (Å²) in [4.78, 5) is 11.3. The molecule has 1 atom stereocenters. The number of aromatic amines is 1. The molecule has 0 aliphatic carbocycles. The molecule has 0 spiro atoms. The summed E-state index contributed by atoms with van der Waals surface area (Å²) < 4.78 is 26.5. The molecule has 0 fully saturated rings. The van der Waals surface area contributed by atoms with Crippen molar-refractivity contribution in [3.63, 3.8) is 0 Å². The third-order valence-corrected chi connectivity index (χ3v) is 3.74. The Hall–Kier alpha value is -2.11. The third kappa shape index (κ3) is 3.01. The molecule has 0 aliphatic heterocycles. The second-order valence-electron chi connectivity index (χ2n) is 3.60. The highest BCUT2D eigenvalue weighted by Gasteiger charge is 2.20. The Kier molecular flexibility index (Phi) is 3.69. The molecule has 5 N–H and O–H groups in total. The molecule has 1 unspecified atom stereocenters. The standard InChI is InChI=1S/C8H12N8O2S/c1-5(7-12-4-13-15-7)16-19(17,18)6-2-10-8(14-9)11-3-6/h2-5,16H,9H2,1H3,(H,10,11,14)(H,12,13,15). The Labute approximate surface area is 108 Å². The minimum atomic E-state index is -3.74. The van der Waals surface area contributed by atoms with Crippen LogP contribution in [0.2, 0.25) is 0 Å². The van der Waals surface area contributed by atoms with E-state index in [0.717, 1.165) is 12.4 Å². The Morgan fingerprint density at radius 1 is 1.32 bits per heavy atom. The number of nitrogens with zero attached hydrogens (tertiary/aromatic N) is 4. The highest BCUT2D eigenvalue weighted by Crippen LogP contribution is 2.12. The molecule has 19 heavy (non-hydrogen) atoms. The van der Waals surface area contributed by atoms with Crippen molar-refractivity contribution in [2.75, 3.05) is 5.43 Å². The number of sulfonamides is 1. The highest BCUT2D eigenvalue weighted by atomic mass is 32.2. The van der Waals surface area contributed by atoms with Crippen LogP contribution in [0.3, 0.4) is 0 Å². The van der Waals surface area contributed by atoms with Gasteiger partial charge in [0.25, 0.3) is 0 Å². The number of anilines is 1. The summed E-state index contributed by atoms with van der Waals surface area (Å²) in [6.45, 7) is 1.63. The maximum Gasteiger partial charge on any atom is 0.244 e. The van der Waals surface area contributed by atoms with Crippen LogP contribution in [-0.2, 0) is 10.0 Å². The van der Waals surface area contributed by atoms with Crippen LogP contribution in [0.5, 0.6) is 0 Å². The number of aromatic nitrogens is 5. The zero-order valence-corrected chi connectivity index (χ0v) is 10.7. The normalized spacial score (nSPS) is 13.2. The summed E-state index contributed by atoms with van der Waals surface area (Å²) in [6, 6.07) is -0.556. The van der Waals surface area contributed by atoms with Gasteiger partial charge in [0.15, 0.2) is 0 Å². The Bertz CT molecular complexity index is 623. The summed E-state index contributed by atoms with van der Waals surface area (Å²) in [7, 11) is -3.74. The van der Waals surface area contributed by atoms with Crippen molar-refractivity contribution in [2.45, 2.75) is 17.9 Å². The molecule has 2 aromatic heterocycles. The van der Waals surface area contributed by atoms with E-state index in [9.17, 15) is 8.42 Å². The summed E-state index contributed by atoms with van der Waals surface area (Å²) >= 11 is 0. The van der Waals surface area contributed by atoms with Crippen LogP contribution in [0.4, 0.5) is 5.95 Å². The zero-order chi connectivity index (χ0) is 13.9. The lowest BCUT2D eigenvalue weighted by molar-refractivity contribution is 0.559. The summed E-state index contributed by atoms with van der Waals surface area (Å²) in [5.74, 6) is 5.63. The average Bonchev–Trinajstić information content (AvgIpc) is 2.92. The molecule has 2 rings (SSSR count). The maximum atomic E-state index is 12.0. The lowest BCUT2D eigenvalue weighted by Crippen LogP contribution is -2.28. The third-order valence-electron chi connectivity index (χ3n) is 2.24. The lowest BCUT2D eigenvalue weighted by Gasteiger charge is -2.11. The van der Waals surface area contributed by atoms with Crippen molar-refractivity contribution in [2.24, 2.45) is 5.84 Å². The number of hydrogen-bond donors (Lipinski definition) is 4. The van der Waals surface area contributed by atoms with E-state index in [0.29, 0.717) is 5.82 Å². The van der Waals surface area contributed by atoms with Crippen LogP contribution in [0.25, 0.3) is 0 Å². The van der Waals surface area contributed by atoms with Gasteiger partial charge in [-0.05, 0) is 6.92 Å². The van der Waals surface area contributed by atoms with Gasteiger partial charge in [-0.2, -0.15) is 5.10 Å². The number of rotatable bonds is 5. The van der Waals surface area contributed by atoms with E-state index < -0.39 is 16.1 Å². The predicted molar refractivity (Wildman–Crippen MR) is 65.0 cm³/mol. The smallest absolute Gasteiger partial charge is 0.244 e. The van der Waals surface area contributed by atoms with Crippen LogP contribution in [0, 0.1) is 0 Å². The molecule has 10 nitrogen and oxygen atoms in total. The van der Waals surface area contributed by atoms with E-state index in [-0.39, 0.29) is 10.8 Å². The highest BCUT2D eigenvalue weighted by molar-refractivity contribution is 7.89. The van der Waals surface area contributed by atoms with Crippen molar-refractivity contribution in [3.05, 3.63) is 24.5 Å². The molecule has 0 radical (unpaired) electrons. The van der Waals surface area contributed by atoms with E-state index in [4.69, 9.17) is 5.84 Å². The van der Waals surface area contributed by atoms with Gasteiger partial charge < -0.3 is 0 Å². The first-order valence-electron chi connectivity index (χ1n) is 5.19. The van der Waals surface area contributed by atoms with E-state index in [1.807, 2.05) is 0 Å². The second kappa shape index (κ2) is 5.26. The van der Waals surface area contributed by atoms with E-state index in [1.54, 1.807) is 6.92 Å². The van der Waals surface area contributed by atoms with Crippen molar-refractivity contribution in [1.29, 1.82) is 0 Å². The lowest BCUT2D eigenvalue weighted by atomic mass is 10.3. The van der Waals surface area contributed by atoms with Crippen LogP contribution in [0.1, 0.15) is 18.8 Å². The topological polar surface area (TPSA) is 152 Å². The molecule has 2 heterocycles. The number of nitrogens with one attached hydrogen (secondary N) is 3. The van der Waals surface area contributed by atoms with Gasteiger partial charge in [-0.1, -0.05) is 0 Å². The van der Waals surface area contributed by atoms with Gasteiger partial charge >= 0.3 is 0 Å². The molecule has 0 saturated heterocycles. The molecular formula is C8H12N8O2S. The average molecular weight is 284 g/mol. The SMILES string of the molecule is CC(NS(=O)(=O)c1cnc(NN)nc1)c1ncn[nH]1. The first-order valence-corrected chi connectivity index (χ1v) is 6.67. The monoisotopic (exact) mass is 284 g/mol. The van der Waals surface area contributed by atoms with Crippen LogP contribution in [-0.4, -0.2) is 33.6 Å². The predicted octanol–water partition coefficient (Wildman–Crippen LogP) is -1.08. The minimum Gasteiger partial charge on any atom is -0.292 e. The first kappa shape index (κ1) is 13.3. The van der Waals surface area contributed by atoms with Crippen LogP contribution in [0.15, 0.2) is 23.6 Å². The molecule has 11 heteroatoms. The quantitative estimate of drug-likeness (QED) is 0.399. The Morgan fingerprint density at radius 2 is 2.00 bits per heavy atom. The van der Waals surface area contributed by atoms with Gasteiger partial charge in [0.1, 0.15) is 17.0 Å². The minimum absolute atomic E-state index is 0.0714. The summed E-state index contributed by atoms with van der Waals surface area (Å²) in [6.07, 6.45) is 3.60. The van der Waals surface area contributed by atoms with Gasteiger partial charge in [0, 0.05) is 0 Å².